The third kappa shape index (κ3) is 4.96. The van der Waals surface area contributed by atoms with Crippen LogP contribution < -0.4 is 5.48 Å². The van der Waals surface area contributed by atoms with E-state index in [1.54, 1.807) is 19.1 Å². The molecule has 0 spiro atoms. The summed E-state index contributed by atoms with van der Waals surface area (Å²) < 4.78 is 36.3. The van der Waals surface area contributed by atoms with Gasteiger partial charge in [0.2, 0.25) is 0 Å². The standard InChI is InChI=1S/C10H11BrF3NO/c1-7(15-16-6-10(12,13)14)8-3-2-4-9(11)5-8/h2-5,7,15H,6H2,1H3. The van der Waals surface area contributed by atoms with Crippen LogP contribution in [-0.4, -0.2) is 12.8 Å². The maximum Gasteiger partial charge on any atom is 0.413 e. The summed E-state index contributed by atoms with van der Waals surface area (Å²) in [5, 5.41) is 0. The molecular weight excluding hydrogens is 287 g/mol. The summed E-state index contributed by atoms with van der Waals surface area (Å²) in [6, 6.07) is 6.96. The largest absolute Gasteiger partial charge is 0.413 e. The SMILES string of the molecule is CC(NOCC(F)(F)F)c1cccc(Br)c1. The molecule has 1 rings (SSSR count). The molecule has 1 N–H and O–H groups in total. The van der Waals surface area contributed by atoms with Crippen molar-refractivity contribution in [2.75, 3.05) is 6.61 Å². The van der Waals surface area contributed by atoms with E-state index in [2.05, 4.69) is 26.2 Å². The van der Waals surface area contributed by atoms with Crippen LogP contribution >= 0.6 is 15.9 Å². The predicted molar refractivity (Wildman–Crippen MR) is 57.7 cm³/mol. The van der Waals surface area contributed by atoms with Gasteiger partial charge >= 0.3 is 6.18 Å². The molecule has 1 unspecified atom stereocenters. The molecule has 0 heterocycles. The van der Waals surface area contributed by atoms with Crippen LogP contribution in [-0.2, 0) is 4.84 Å². The Bertz CT molecular complexity index is 343. The number of halogens is 4. The average Bonchev–Trinajstić information content (AvgIpc) is 2.15. The Balaban J connectivity index is 2.44. The molecule has 0 saturated carbocycles. The van der Waals surface area contributed by atoms with Crippen LogP contribution in [0, 0.1) is 0 Å². The Labute approximate surface area is 99.9 Å². The van der Waals surface area contributed by atoms with E-state index in [-0.39, 0.29) is 6.04 Å². The van der Waals surface area contributed by atoms with Crippen molar-refractivity contribution < 1.29 is 18.0 Å². The van der Waals surface area contributed by atoms with Crippen molar-refractivity contribution in [2.45, 2.75) is 19.1 Å². The average molecular weight is 298 g/mol. The van der Waals surface area contributed by atoms with Crippen LogP contribution in [0.3, 0.4) is 0 Å². The summed E-state index contributed by atoms with van der Waals surface area (Å²) in [5.74, 6) is 0. The van der Waals surface area contributed by atoms with E-state index in [9.17, 15) is 13.2 Å². The summed E-state index contributed by atoms with van der Waals surface area (Å²) in [6.07, 6.45) is -4.32. The summed E-state index contributed by atoms with van der Waals surface area (Å²) in [5.41, 5.74) is 3.19. The number of hydrogen-bond donors (Lipinski definition) is 1. The molecule has 90 valence electrons. The smallest absolute Gasteiger partial charge is 0.292 e. The van der Waals surface area contributed by atoms with Gasteiger partial charge in [0.15, 0.2) is 6.61 Å². The number of benzene rings is 1. The lowest BCUT2D eigenvalue weighted by Crippen LogP contribution is -2.26. The molecule has 0 bridgehead atoms. The zero-order valence-corrected chi connectivity index (χ0v) is 10.1. The zero-order valence-electron chi connectivity index (χ0n) is 8.51. The van der Waals surface area contributed by atoms with Gasteiger partial charge in [-0.15, -0.1) is 0 Å². The normalized spacial score (nSPS) is 13.8. The van der Waals surface area contributed by atoms with E-state index in [1.807, 2.05) is 12.1 Å². The molecule has 0 fully saturated rings. The van der Waals surface area contributed by atoms with Crippen LogP contribution in [0.1, 0.15) is 18.5 Å². The van der Waals surface area contributed by atoms with Crippen molar-refractivity contribution in [3.63, 3.8) is 0 Å². The first kappa shape index (κ1) is 13.5. The molecule has 0 amide bonds. The van der Waals surface area contributed by atoms with Gasteiger partial charge in [0.05, 0.1) is 6.04 Å². The highest BCUT2D eigenvalue weighted by atomic mass is 79.9. The second-order valence-corrected chi connectivity index (χ2v) is 4.21. The van der Waals surface area contributed by atoms with E-state index >= 15 is 0 Å². The van der Waals surface area contributed by atoms with Crippen LogP contribution in [0.5, 0.6) is 0 Å². The minimum atomic E-state index is -4.32. The van der Waals surface area contributed by atoms with E-state index in [1.165, 1.54) is 0 Å². The molecule has 1 aromatic rings. The number of alkyl halides is 3. The van der Waals surface area contributed by atoms with Gasteiger partial charge < -0.3 is 0 Å². The van der Waals surface area contributed by atoms with Gasteiger partial charge in [-0.2, -0.15) is 18.7 Å². The molecule has 0 radical (unpaired) electrons. The van der Waals surface area contributed by atoms with Crippen molar-refractivity contribution in [1.82, 2.24) is 5.48 Å². The lowest BCUT2D eigenvalue weighted by Gasteiger charge is -2.15. The van der Waals surface area contributed by atoms with E-state index in [4.69, 9.17) is 0 Å². The third-order valence-corrected chi connectivity index (χ3v) is 2.34. The first-order valence-electron chi connectivity index (χ1n) is 4.58. The second-order valence-electron chi connectivity index (χ2n) is 3.30. The fourth-order valence-electron chi connectivity index (χ4n) is 1.09. The van der Waals surface area contributed by atoms with Gasteiger partial charge in [-0.05, 0) is 24.6 Å². The molecule has 0 aromatic heterocycles. The van der Waals surface area contributed by atoms with E-state index in [0.29, 0.717) is 0 Å². The monoisotopic (exact) mass is 297 g/mol. The molecule has 16 heavy (non-hydrogen) atoms. The summed E-state index contributed by atoms with van der Waals surface area (Å²) in [7, 11) is 0. The molecular formula is C10H11BrF3NO. The van der Waals surface area contributed by atoms with Gasteiger partial charge in [0, 0.05) is 4.47 Å². The maximum atomic E-state index is 11.8. The van der Waals surface area contributed by atoms with Crippen LogP contribution in [0.4, 0.5) is 13.2 Å². The lowest BCUT2D eigenvalue weighted by molar-refractivity contribution is -0.192. The van der Waals surface area contributed by atoms with Crippen molar-refractivity contribution in [1.29, 1.82) is 0 Å². The molecule has 1 aromatic carbocycles. The molecule has 0 aliphatic rings. The van der Waals surface area contributed by atoms with Crippen molar-refractivity contribution in [3.05, 3.63) is 34.3 Å². The highest BCUT2D eigenvalue weighted by Gasteiger charge is 2.28. The van der Waals surface area contributed by atoms with Gasteiger partial charge in [0.25, 0.3) is 0 Å². The number of rotatable bonds is 4. The minimum Gasteiger partial charge on any atom is -0.292 e. The fraction of sp³-hybridized carbons (Fsp3) is 0.400. The quantitative estimate of drug-likeness (QED) is 0.858. The molecule has 1 atom stereocenters. The summed E-state index contributed by atoms with van der Waals surface area (Å²) in [6.45, 7) is 0.420. The summed E-state index contributed by atoms with van der Waals surface area (Å²) in [4.78, 5) is 4.36. The Kier molecular flexibility index (Phi) is 4.76. The lowest BCUT2D eigenvalue weighted by atomic mass is 10.1. The van der Waals surface area contributed by atoms with Crippen LogP contribution in [0.2, 0.25) is 0 Å². The Morgan fingerprint density at radius 2 is 2.12 bits per heavy atom. The highest BCUT2D eigenvalue weighted by Crippen LogP contribution is 2.19. The Hall–Kier alpha value is -0.590. The van der Waals surface area contributed by atoms with Gasteiger partial charge in [-0.3, -0.25) is 4.84 Å². The van der Waals surface area contributed by atoms with E-state index < -0.39 is 12.8 Å². The Morgan fingerprint density at radius 1 is 1.44 bits per heavy atom. The van der Waals surface area contributed by atoms with Crippen molar-refractivity contribution in [3.8, 4) is 0 Å². The molecule has 2 nitrogen and oxygen atoms in total. The zero-order chi connectivity index (χ0) is 12.2. The predicted octanol–water partition coefficient (Wildman–Crippen LogP) is 3.59. The topological polar surface area (TPSA) is 21.3 Å². The third-order valence-electron chi connectivity index (χ3n) is 1.84. The van der Waals surface area contributed by atoms with E-state index in [0.717, 1.165) is 10.0 Å². The first-order chi connectivity index (χ1) is 7.38. The Morgan fingerprint density at radius 3 is 2.69 bits per heavy atom. The van der Waals surface area contributed by atoms with Gasteiger partial charge in [0.1, 0.15) is 0 Å². The molecule has 0 saturated heterocycles. The minimum absolute atomic E-state index is 0.306. The number of nitrogens with one attached hydrogen (secondary N) is 1. The number of hydroxylamine groups is 1. The summed E-state index contributed by atoms with van der Waals surface area (Å²) >= 11 is 3.28. The molecule has 6 heteroatoms. The van der Waals surface area contributed by atoms with Crippen molar-refractivity contribution in [2.24, 2.45) is 0 Å². The van der Waals surface area contributed by atoms with Crippen LogP contribution in [0.25, 0.3) is 0 Å². The van der Waals surface area contributed by atoms with Gasteiger partial charge in [-0.25, -0.2) is 0 Å². The highest BCUT2D eigenvalue weighted by molar-refractivity contribution is 9.10. The molecule has 0 aliphatic heterocycles. The molecule has 0 aliphatic carbocycles. The van der Waals surface area contributed by atoms with Crippen molar-refractivity contribution >= 4 is 15.9 Å². The fourth-order valence-corrected chi connectivity index (χ4v) is 1.51. The number of hydrogen-bond acceptors (Lipinski definition) is 2. The first-order valence-corrected chi connectivity index (χ1v) is 5.37. The van der Waals surface area contributed by atoms with Crippen LogP contribution in [0.15, 0.2) is 28.7 Å². The maximum absolute atomic E-state index is 11.8. The van der Waals surface area contributed by atoms with Gasteiger partial charge in [-0.1, -0.05) is 28.1 Å². The second kappa shape index (κ2) is 5.65.